The molecular formula is C24H43N3O9. The molecule has 2 aliphatic rings. The number of aliphatic hydroxyl groups excluding tert-OH is 4. The largest absolute Gasteiger partial charge is 0.394 e. The third-order valence-corrected chi connectivity index (χ3v) is 6.59. The second-order valence-corrected chi connectivity index (χ2v) is 9.71. The van der Waals surface area contributed by atoms with Crippen molar-refractivity contribution in [1.82, 2.24) is 15.5 Å². The molecule has 12 heteroatoms. The van der Waals surface area contributed by atoms with Gasteiger partial charge in [0, 0.05) is 45.5 Å². The van der Waals surface area contributed by atoms with Crippen LogP contribution in [0.2, 0.25) is 0 Å². The monoisotopic (exact) mass is 517 g/mol. The molecule has 2 aliphatic heterocycles. The number of likely N-dealkylation sites (tertiary alicyclic amines) is 1. The highest BCUT2D eigenvalue weighted by Gasteiger charge is 2.45. The molecule has 2 saturated heterocycles. The molecule has 5 unspecified atom stereocenters. The van der Waals surface area contributed by atoms with Gasteiger partial charge in [-0.2, -0.15) is 0 Å². The summed E-state index contributed by atoms with van der Waals surface area (Å²) in [5, 5.41) is 44.6. The molecule has 3 amide bonds. The van der Waals surface area contributed by atoms with Crippen LogP contribution in [0.15, 0.2) is 0 Å². The Bertz CT molecular complexity index is 710. The molecule has 208 valence electrons. The average molecular weight is 518 g/mol. The van der Waals surface area contributed by atoms with E-state index >= 15 is 0 Å². The van der Waals surface area contributed by atoms with Crippen molar-refractivity contribution >= 4 is 17.7 Å². The maximum atomic E-state index is 12.2. The molecule has 0 saturated carbocycles. The van der Waals surface area contributed by atoms with Gasteiger partial charge >= 0.3 is 0 Å². The summed E-state index contributed by atoms with van der Waals surface area (Å²) in [6.45, 7) is 3.87. The first-order chi connectivity index (χ1) is 17.1. The Morgan fingerprint density at radius 1 is 1.03 bits per heavy atom. The molecule has 0 bridgehead atoms. The molecule has 36 heavy (non-hydrogen) atoms. The van der Waals surface area contributed by atoms with E-state index in [1.54, 1.807) is 4.90 Å². The smallest absolute Gasteiger partial charge is 0.222 e. The van der Waals surface area contributed by atoms with E-state index in [4.69, 9.17) is 9.47 Å². The number of hydrogen-bond acceptors (Lipinski definition) is 9. The van der Waals surface area contributed by atoms with Gasteiger partial charge in [0.1, 0.15) is 24.4 Å². The lowest BCUT2D eigenvalue weighted by Crippen LogP contribution is -2.64. The highest BCUT2D eigenvalue weighted by atomic mass is 16.7. The van der Waals surface area contributed by atoms with Crippen LogP contribution < -0.4 is 10.6 Å². The van der Waals surface area contributed by atoms with Crippen LogP contribution in [0, 0.1) is 0 Å². The minimum Gasteiger partial charge on any atom is -0.394 e. The third kappa shape index (κ3) is 9.56. The summed E-state index contributed by atoms with van der Waals surface area (Å²) in [7, 11) is 0. The topological polar surface area (TPSA) is 178 Å². The number of carbonyl (C=O) groups excluding carboxylic acids is 3. The van der Waals surface area contributed by atoms with Gasteiger partial charge in [0.05, 0.1) is 12.7 Å². The van der Waals surface area contributed by atoms with Crippen molar-refractivity contribution in [1.29, 1.82) is 0 Å². The minimum atomic E-state index is -1.36. The quantitative estimate of drug-likeness (QED) is 0.154. The minimum absolute atomic E-state index is 0.0740. The van der Waals surface area contributed by atoms with Gasteiger partial charge in [-0.15, -0.1) is 0 Å². The summed E-state index contributed by atoms with van der Waals surface area (Å²) in [5.41, 5.74) is 0. The maximum absolute atomic E-state index is 12.2. The maximum Gasteiger partial charge on any atom is 0.222 e. The Kier molecular flexibility index (Phi) is 13.0. The Labute approximate surface area is 212 Å². The van der Waals surface area contributed by atoms with Crippen molar-refractivity contribution in [3.8, 4) is 0 Å². The predicted octanol–water partition coefficient (Wildman–Crippen LogP) is -1.22. The lowest BCUT2D eigenvalue weighted by molar-refractivity contribution is -0.270. The van der Waals surface area contributed by atoms with Crippen molar-refractivity contribution in [2.75, 3.05) is 26.3 Å². The zero-order valence-corrected chi connectivity index (χ0v) is 21.3. The number of amides is 3. The van der Waals surface area contributed by atoms with Crippen LogP contribution in [0.5, 0.6) is 0 Å². The molecule has 7 atom stereocenters. The summed E-state index contributed by atoms with van der Waals surface area (Å²) < 4.78 is 11.1. The van der Waals surface area contributed by atoms with Crippen molar-refractivity contribution in [3.05, 3.63) is 0 Å². The number of rotatable bonds is 14. The Balaban J connectivity index is 1.54. The molecule has 6 N–H and O–H groups in total. The van der Waals surface area contributed by atoms with Gasteiger partial charge in [-0.05, 0) is 39.0 Å². The van der Waals surface area contributed by atoms with E-state index in [0.717, 1.165) is 19.3 Å². The fourth-order valence-electron chi connectivity index (χ4n) is 4.59. The Morgan fingerprint density at radius 3 is 2.39 bits per heavy atom. The molecule has 0 aliphatic carbocycles. The lowest BCUT2D eigenvalue weighted by atomic mass is 9.97. The molecule has 2 fully saturated rings. The summed E-state index contributed by atoms with van der Waals surface area (Å²) >= 11 is 0. The molecule has 2 rings (SSSR count). The predicted molar refractivity (Wildman–Crippen MR) is 128 cm³/mol. The van der Waals surface area contributed by atoms with E-state index in [1.165, 1.54) is 6.92 Å². The van der Waals surface area contributed by atoms with Crippen molar-refractivity contribution < 1.29 is 44.3 Å². The number of hydrogen-bond donors (Lipinski definition) is 6. The number of unbranched alkanes of at least 4 members (excludes halogenated alkanes) is 3. The Hall–Kier alpha value is -1.83. The van der Waals surface area contributed by atoms with Crippen LogP contribution >= 0.6 is 0 Å². The van der Waals surface area contributed by atoms with Crippen LogP contribution in [0.25, 0.3) is 0 Å². The second kappa shape index (κ2) is 15.4. The summed E-state index contributed by atoms with van der Waals surface area (Å²) in [4.78, 5) is 37.4. The van der Waals surface area contributed by atoms with Crippen LogP contribution in [0.3, 0.4) is 0 Å². The van der Waals surface area contributed by atoms with E-state index in [2.05, 4.69) is 10.6 Å². The molecule has 0 aromatic rings. The summed E-state index contributed by atoms with van der Waals surface area (Å²) in [6.07, 6.45) is -0.353. The molecule has 0 aromatic heterocycles. The highest BCUT2D eigenvalue weighted by molar-refractivity contribution is 5.77. The van der Waals surface area contributed by atoms with Crippen LogP contribution in [-0.4, -0.2) is 112 Å². The van der Waals surface area contributed by atoms with E-state index in [0.29, 0.717) is 45.2 Å². The third-order valence-electron chi connectivity index (χ3n) is 6.59. The molecule has 0 spiro atoms. The molecule has 2 heterocycles. The van der Waals surface area contributed by atoms with E-state index < -0.39 is 49.3 Å². The van der Waals surface area contributed by atoms with Gasteiger partial charge in [-0.25, -0.2) is 0 Å². The second-order valence-electron chi connectivity index (χ2n) is 9.71. The fraction of sp³-hybridized carbons (Fsp3) is 0.875. The first kappa shape index (κ1) is 30.4. The van der Waals surface area contributed by atoms with Crippen LogP contribution in [0.1, 0.15) is 65.2 Å². The van der Waals surface area contributed by atoms with Crippen molar-refractivity contribution in [2.24, 2.45) is 0 Å². The van der Waals surface area contributed by atoms with Gasteiger partial charge in [0.15, 0.2) is 6.29 Å². The van der Waals surface area contributed by atoms with Gasteiger partial charge < -0.3 is 45.4 Å². The normalized spacial score (nSPS) is 30.3. The summed E-state index contributed by atoms with van der Waals surface area (Å²) in [6, 6.07) is -0.896. The number of nitrogens with one attached hydrogen (secondary N) is 2. The fourth-order valence-corrected chi connectivity index (χ4v) is 4.59. The van der Waals surface area contributed by atoms with Crippen LogP contribution in [-0.2, 0) is 23.9 Å². The molecule has 0 aromatic carbocycles. The van der Waals surface area contributed by atoms with Crippen molar-refractivity contribution in [3.63, 3.8) is 0 Å². The van der Waals surface area contributed by atoms with E-state index in [9.17, 15) is 34.8 Å². The van der Waals surface area contributed by atoms with Crippen LogP contribution in [0.4, 0.5) is 0 Å². The number of ether oxygens (including phenoxy) is 2. The highest BCUT2D eigenvalue weighted by Crippen LogP contribution is 2.22. The number of aliphatic hydroxyl groups is 4. The Morgan fingerprint density at radius 2 is 1.75 bits per heavy atom. The SMILES string of the molecule is CC(=O)NC1C(OCCCCC(=O)NCCCCCC(=O)N2C[C@H](O)C[C@H]2C)OC(CO)C(O)C1O. The lowest BCUT2D eigenvalue weighted by Gasteiger charge is -2.42. The summed E-state index contributed by atoms with van der Waals surface area (Å²) in [5.74, 6) is -0.421. The zero-order chi connectivity index (χ0) is 26.7. The van der Waals surface area contributed by atoms with Gasteiger partial charge in [0.2, 0.25) is 17.7 Å². The van der Waals surface area contributed by atoms with Gasteiger partial charge in [-0.1, -0.05) is 6.42 Å². The van der Waals surface area contributed by atoms with E-state index in [1.807, 2.05) is 6.92 Å². The first-order valence-corrected chi connectivity index (χ1v) is 12.9. The standard InChI is InChI=1S/C24H43N3O9/c1-15-12-17(30)13-27(15)20(32)9-4-3-6-10-25-19(31)8-5-7-11-35-24-21(26-16(2)29)23(34)22(33)18(14-28)36-24/h15,17-18,21-24,28,30,33-34H,3-14H2,1-2H3,(H,25,31)(H,26,29)/t15-,17-,18?,21?,22?,23?,24?/m1/s1. The number of carbonyl (C=O) groups is 3. The van der Waals surface area contributed by atoms with Gasteiger partial charge in [-0.3, -0.25) is 14.4 Å². The van der Waals surface area contributed by atoms with E-state index in [-0.39, 0.29) is 24.5 Å². The molecular weight excluding hydrogens is 474 g/mol. The number of nitrogens with zero attached hydrogens (tertiary/aromatic N) is 1. The van der Waals surface area contributed by atoms with Gasteiger partial charge in [0.25, 0.3) is 0 Å². The van der Waals surface area contributed by atoms with Crippen molar-refractivity contribution in [2.45, 2.75) is 108 Å². The molecule has 12 nitrogen and oxygen atoms in total. The number of β-amino-alcohol motifs (C(OH)–C–C–N with tert-alkyl or cyclic N) is 1. The molecule has 0 radical (unpaired) electrons. The first-order valence-electron chi connectivity index (χ1n) is 12.9. The average Bonchev–Trinajstić information content (AvgIpc) is 3.17. The zero-order valence-electron chi connectivity index (χ0n) is 21.3.